The van der Waals surface area contributed by atoms with E-state index in [9.17, 15) is 14.9 Å². The molecule has 1 amide bonds. The molecule has 0 unspecified atom stereocenters. The Morgan fingerprint density at radius 2 is 2.05 bits per heavy atom. The number of nitro benzene ring substituents is 1. The monoisotopic (exact) mass is 301 g/mol. The Kier molecular flexibility index (Phi) is 3.48. The van der Waals surface area contributed by atoms with Gasteiger partial charge in [0.25, 0.3) is 11.6 Å². The van der Waals surface area contributed by atoms with Crippen LogP contribution in [-0.2, 0) is 4.74 Å². The first-order valence-corrected chi connectivity index (χ1v) is 6.34. The van der Waals surface area contributed by atoms with Crippen LogP contribution in [0.25, 0.3) is 0 Å². The van der Waals surface area contributed by atoms with Crippen molar-refractivity contribution in [3.05, 3.63) is 70.4 Å². The Labute approximate surface area is 124 Å². The Morgan fingerprint density at radius 1 is 1.27 bits per heavy atom. The molecule has 0 fully saturated rings. The number of nitrogens with one attached hydrogen (secondary N) is 1. The summed E-state index contributed by atoms with van der Waals surface area (Å²) in [4.78, 5) is 23.8. The van der Waals surface area contributed by atoms with Crippen molar-refractivity contribution in [2.24, 2.45) is 0 Å². The summed E-state index contributed by atoms with van der Waals surface area (Å²) in [7, 11) is 0. The van der Waals surface area contributed by atoms with Crippen LogP contribution in [0.3, 0.4) is 0 Å². The quantitative estimate of drug-likeness (QED) is 0.686. The van der Waals surface area contributed by atoms with Crippen molar-refractivity contribution in [2.75, 3.05) is 11.6 Å². The predicted octanol–water partition coefficient (Wildman–Crippen LogP) is 2.21. The Balaban J connectivity index is 1.67. The lowest BCUT2D eigenvalue weighted by Gasteiger charge is -2.07. The normalized spacial score (nSPS) is 13.5. The summed E-state index contributed by atoms with van der Waals surface area (Å²) in [6.45, 7) is 0.226. The molecule has 22 heavy (non-hydrogen) atoms. The standard InChI is InChI=1S/C14H11N3O5/c18-14(10-3-5-11(6-4-10)17(19)20)15-12-8-16(9-22-12)13-2-1-7-21-13/h1-8H,9H2,(H,15,18). The van der Waals surface area contributed by atoms with Crippen LogP contribution in [-0.4, -0.2) is 17.6 Å². The van der Waals surface area contributed by atoms with E-state index >= 15 is 0 Å². The first-order chi connectivity index (χ1) is 10.6. The van der Waals surface area contributed by atoms with Crippen molar-refractivity contribution in [2.45, 2.75) is 0 Å². The van der Waals surface area contributed by atoms with Crippen LogP contribution >= 0.6 is 0 Å². The third kappa shape index (κ3) is 2.75. The second kappa shape index (κ2) is 5.60. The molecule has 0 spiro atoms. The number of carbonyl (C=O) groups excluding carboxylic acids is 1. The molecular weight excluding hydrogens is 290 g/mol. The van der Waals surface area contributed by atoms with E-state index in [1.54, 1.807) is 23.2 Å². The van der Waals surface area contributed by atoms with Gasteiger partial charge in [0.2, 0.25) is 11.8 Å². The zero-order valence-corrected chi connectivity index (χ0v) is 11.3. The van der Waals surface area contributed by atoms with Crippen LogP contribution in [0.5, 0.6) is 0 Å². The molecule has 2 aromatic rings. The number of ether oxygens (including phenoxy) is 1. The van der Waals surface area contributed by atoms with E-state index in [1.807, 2.05) is 0 Å². The predicted molar refractivity (Wildman–Crippen MR) is 75.8 cm³/mol. The third-order valence-corrected chi connectivity index (χ3v) is 3.00. The molecule has 0 bridgehead atoms. The highest BCUT2D eigenvalue weighted by Gasteiger charge is 2.19. The van der Waals surface area contributed by atoms with E-state index in [4.69, 9.17) is 9.15 Å². The average Bonchev–Trinajstić information content (AvgIpc) is 3.18. The summed E-state index contributed by atoms with van der Waals surface area (Å²) in [6.07, 6.45) is 3.14. The minimum atomic E-state index is -0.522. The van der Waals surface area contributed by atoms with Gasteiger partial charge in [0.1, 0.15) is 0 Å². The molecule has 3 rings (SSSR count). The summed E-state index contributed by atoms with van der Waals surface area (Å²) < 4.78 is 10.5. The fourth-order valence-electron chi connectivity index (χ4n) is 1.90. The number of hydrogen-bond donors (Lipinski definition) is 1. The van der Waals surface area contributed by atoms with E-state index in [1.165, 1.54) is 30.5 Å². The zero-order chi connectivity index (χ0) is 15.5. The second-order valence-corrected chi connectivity index (χ2v) is 4.45. The second-order valence-electron chi connectivity index (χ2n) is 4.45. The van der Waals surface area contributed by atoms with E-state index < -0.39 is 10.8 Å². The first-order valence-electron chi connectivity index (χ1n) is 6.34. The number of nitro groups is 1. The maximum atomic E-state index is 12.0. The molecule has 1 aromatic carbocycles. The molecule has 0 atom stereocenters. The van der Waals surface area contributed by atoms with E-state index in [-0.39, 0.29) is 18.3 Å². The Bertz CT molecular complexity index is 721. The minimum absolute atomic E-state index is 0.0723. The molecule has 0 saturated heterocycles. The molecule has 1 aliphatic heterocycles. The number of amides is 1. The van der Waals surface area contributed by atoms with Gasteiger partial charge in [-0.2, -0.15) is 0 Å². The van der Waals surface area contributed by atoms with E-state index in [0.717, 1.165) is 0 Å². The smallest absolute Gasteiger partial charge is 0.269 e. The summed E-state index contributed by atoms with van der Waals surface area (Å²) >= 11 is 0. The zero-order valence-electron chi connectivity index (χ0n) is 11.3. The van der Waals surface area contributed by atoms with E-state index in [2.05, 4.69) is 5.32 Å². The van der Waals surface area contributed by atoms with Crippen molar-refractivity contribution in [3.63, 3.8) is 0 Å². The number of furan rings is 1. The molecule has 1 N–H and O–H groups in total. The van der Waals surface area contributed by atoms with Crippen molar-refractivity contribution >= 4 is 17.5 Å². The lowest BCUT2D eigenvalue weighted by molar-refractivity contribution is -0.384. The highest BCUT2D eigenvalue weighted by molar-refractivity contribution is 5.95. The van der Waals surface area contributed by atoms with Gasteiger partial charge in [0.05, 0.1) is 17.4 Å². The maximum absolute atomic E-state index is 12.0. The number of carbonyl (C=O) groups is 1. The van der Waals surface area contributed by atoms with Gasteiger partial charge in [-0.15, -0.1) is 0 Å². The van der Waals surface area contributed by atoms with Crippen LogP contribution in [0, 0.1) is 10.1 Å². The number of rotatable bonds is 4. The van der Waals surface area contributed by atoms with Gasteiger partial charge < -0.3 is 9.15 Å². The van der Waals surface area contributed by atoms with Crippen molar-refractivity contribution in [1.29, 1.82) is 0 Å². The number of anilines is 1. The Hall–Kier alpha value is -3.29. The van der Waals surface area contributed by atoms with Crippen LogP contribution < -0.4 is 10.2 Å². The lowest BCUT2D eigenvalue weighted by atomic mass is 10.2. The molecule has 112 valence electrons. The number of benzene rings is 1. The van der Waals surface area contributed by atoms with Gasteiger partial charge in [-0.05, 0) is 18.2 Å². The van der Waals surface area contributed by atoms with Crippen LogP contribution in [0.15, 0.2) is 59.2 Å². The topological polar surface area (TPSA) is 97.9 Å². The molecule has 0 aliphatic carbocycles. The summed E-state index contributed by atoms with van der Waals surface area (Å²) in [5.74, 6) is 0.460. The highest BCUT2D eigenvalue weighted by Crippen LogP contribution is 2.20. The summed E-state index contributed by atoms with van der Waals surface area (Å²) in [5.41, 5.74) is 0.225. The minimum Gasteiger partial charge on any atom is -0.456 e. The summed E-state index contributed by atoms with van der Waals surface area (Å²) in [6, 6.07) is 8.82. The van der Waals surface area contributed by atoms with Crippen LogP contribution in [0.1, 0.15) is 10.4 Å². The van der Waals surface area contributed by atoms with E-state index in [0.29, 0.717) is 11.4 Å². The molecule has 1 aromatic heterocycles. The number of non-ortho nitro benzene ring substituents is 1. The van der Waals surface area contributed by atoms with Gasteiger partial charge in [-0.3, -0.25) is 25.1 Å². The maximum Gasteiger partial charge on any atom is 0.269 e. The fourth-order valence-corrected chi connectivity index (χ4v) is 1.90. The average molecular weight is 301 g/mol. The van der Waals surface area contributed by atoms with Gasteiger partial charge in [-0.25, -0.2) is 0 Å². The Morgan fingerprint density at radius 3 is 2.68 bits per heavy atom. The molecule has 8 heteroatoms. The van der Waals surface area contributed by atoms with Crippen molar-refractivity contribution < 1.29 is 18.9 Å². The molecular formula is C14H11N3O5. The molecule has 1 aliphatic rings. The van der Waals surface area contributed by atoms with Crippen molar-refractivity contribution in [1.82, 2.24) is 5.32 Å². The molecule has 0 saturated carbocycles. The summed E-state index contributed by atoms with van der Waals surface area (Å²) in [5, 5.41) is 13.2. The van der Waals surface area contributed by atoms with Gasteiger partial charge in [0, 0.05) is 23.8 Å². The molecule has 8 nitrogen and oxygen atoms in total. The largest absolute Gasteiger partial charge is 0.456 e. The van der Waals surface area contributed by atoms with Gasteiger partial charge in [0.15, 0.2) is 6.73 Å². The van der Waals surface area contributed by atoms with Crippen molar-refractivity contribution in [3.8, 4) is 0 Å². The first kappa shape index (κ1) is 13.7. The number of hydrogen-bond acceptors (Lipinski definition) is 6. The van der Waals surface area contributed by atoms with Crippen LogP contribution in [0.2, 0.25) is 0 Å². The lowest BCUT2D eigenvalue weighted by Crippen LogP contribution is -2.22. The number of nitrogens with zero attached hydrogens (tertiary/aromatic N) is 2. The van der Waals surface area contributed by atoms with Gasteiger partial charge >= 0.3 is 0 Å². The SMILES string of the molecule is O=C(NC1=CN(c2ccco2)CO1)c1ccc([N+](=O)[O-])cc1. The third-order valence-electron chi connectivity index (χ3n) is 3.00. The fraction of sp³-hybridized carbons (Fsp3) is 0.0714. The van der Waals surface area contributed by atoms with Crippen LogP contribution in [0.4, 0.5) is 11.6 Å². The molecule has 0 radical (unpaired) electrons. The molecule has 2 heterocycles. The highest BCUT2D eigenvalue weighted by atomic mass is 16.6. The van der Waals surface area contributed by atoms with Gasteiger partial charge in [-0.1, -0.05) is 0 Å².